The molecule has 0 aromatic heterocycles. The molecule has 0 saturated carbocycles. The Morgan fingerprint density at radius 3 is 2.80 bits per heavy atom. The number of amides is 2. The van der Waals surface area contributed by atoms with Crippen molar-refractivity contribution in [3.05, 3.63) is 34.9 Å². The van der Waals surface area contributed by atoms with Crippen LogP contribution < -0.4 is 5.32 Å². The first kappa shape index (κ1) is 19.4. The minimum atomic E-state index is -0.540. The molecular weight excluding hydrogens is 344 g/mol. The monoisotopic (exact) mass is 368 g/mol. The molecule has 1 aromatic carbocycles. The van der Waals surface area contributed by atoms with E-state index < -0.39 is 11.7 Å². The average Bonchev–Trinajstić information content (AvgIpc) is 2.93. The van der Waals surface area contributed by atoms with Crippen molar-refractivity contribution < 1.29 is 19.1 Å². The number of benzene rings is 1. The van der Waals surface area contributed by atoms with Gasteiger partial charge in [-0.1, -0.05) is 23.7 Å². The van der Waals surface area contributed by atoms with Crippen LogP contribution in [0.2, 0.25) is 5.02 Å². The number of nitrogens with zero attached hydrogens (tertiary/aromatic N) is 1. The van der Waals surface area contributed by atoms with E-state index in [4.69, 9.17) is 21.1 Å². The maximum Gasteiger partial charge on any atom is 0.409 e. The van der Waals surface area contributed by atoms with Crippen molar-refractivity contribution in [3.8, 4) is 0 Å². The zero-order valence-corrected chi connectivity index (χ0v) is 15.6. The number of carbonyl (C=O) groups is 2. The van der Waals surface area contributed by atoms with Gasteiger partial charge in [0.25, 0.3) is 0 Å². The molecule has 1 atom stereocenters. The van der Waals surface area contributed by atoms with Crippen molar-refractivity contribution in [2.45, 2.75) is 45.3 Å². The standard InChI is InChI=1S/C18H25ClN2O4/c1-18(2,3)25-16(22)20-15-7-9-21(12-15)17(23)24-10-8-13-5-4-6-14(19)11-13/h4-6,11,15H,7-10,12H2,1-3H3,(H,20,22). The van der Waals surface area contributed by atoms with E-state index in [1.807, 2.05) is 39.0 Å². The third-order valence-corrected chi connectivity index (χ3v) is 3.91. The Morgan fingerprint density at radius 2 is 2.12 bits per heavy atom. The lowest BCUT2D eigenvalue weighted by Gasteiger charge is -2.22. The first-order valence-corrected chi connectivity index (χ1v) is 8.76. The molecular formula is C18H25ClN2O4. The van der Waals surface area contributed by atoms with E-state index >= 15 is 0 Å². The molecule has 1 aromatic rings. The van der Waals surface area contributed by atoms with Gasteiger partial charge in [0.1, 0.15) is 5.60 Å². The van der Waals surface area contributed by atoms with Crippen molar-refractivity contribution in [2.75, 3.05) is 19.7 Å². The molecule has 1 unspecified atom stereocenters. The van der Waals surface area contributed by atoms with Crippen molar-refractivity contribution in [3.63, 3.8) is 0 Å². The van der Waals surface area contributed by atoms with E-state index in [0.717, 1.165) is 5.56 Å². The third kappa shape index (κ3) is 6.82. The van der Waals surface area contributed by atoms with E-state index in [0.29, 0.717) is 37.6 Å². The molecule has 0 bridgehead atoms. The second-order valence-corrected chi connectivity index (χ2v) is 7.51. The van der Waals surface area contributed by atoms with Crippen LogP contribution in [0.15, 0.2) is 24.3 Å². The SMILES string of the molecule is CC(C)(C)OC(=O)NC1CCN(C(=O)OCCc2cccc(Cl)c2)C1. The minimum Gasteiger partial charge on any atom is -0.449 e. The van der Waals surface area contributed by atoms with Gasteiger partial charge in [-0.2, -0.15) is 0 Å². The lowest BCUT2D eigenvalue weighted by Crippen LogP contribution is -2.41. The topological polar surface area (TPSA) is 67.9 Å². The summed E-state index contributed by atoms with van der Waals surface area (Å²) < 4.78 is 10.5. The van der Waals surface area contributed by atoms with E-state index in [-0.39, 0.29) is 12.1 Å². The Hall–Kier alpha value is -1.95. The predicted molar refractivity (Wildman–Crippen MR) is 95.9 cm³/mol. The zero-order chi connectivity index (χ0) is 18.4. The van der Waals surface area contributed by atoms with Crippen LogP contribution in [-0.2, 0) is 15.9 Å². The normalized spacial score (nSPS) is 17.3. The summed E-state index contributed by atoms with van der Waals surface area (Å²) in [5.74, 6) is 0. The molecule has 1 heterocycles. The Morgan fingerprint density at radius 1 is 1.36 bits per heavy atom. The van der Waals surface area contributed by atoms with Gasteiger partial charge >= 0.3 is 12.2 Å². The number of hydrogen-bond donors (Lipinski definition) is 1. The van der Waals surface area contributed by atoms with Gasteiger partial charge in [0.05, 0.1) is 12.6 Å². The number of likely N-dealkylation sites (tertiary alicyclic amines) is 1. The molecule has 0 radical (unpaired) electrons. The van der Waals surface area contributed by atoms with E-state index in [1.165, 1.54) is 0 Å². The molecule has 2 amide bonds. The zero-order valence-electron chi connectivity index (χ0n) is 14.9. The Kier molecular flexibility index (Phi) is 6.53. The number of nitrogens with one attached hydrogen (secondary N) is 1. The van der Waals surface area contributed by atoms with Crippen LogP contribution >= 0.6 is 11.6 Å². The quantitative estimate of drug-likeness (QED) is 0.881. The predicted octanol–water partition coefficient (Wildman–Crippen LogP) is 3.62. The number of carbonyl (C=O) groups excluding carboxylic acids is 2. The van der Waals surface area contributed by atoms with Crippen molar-refractivity contribution >= 4 is 23.8 Å². The summed E-state index contributed by atoms with van der Waals surface area (Å²) >= 11 is 5.93. The lowest BCUT2D eigenvalue weighted by molar-refractivity contribution is 0.0503. The van der Waals surface area contributed by atoms with Crippen LogP contribution in [0.25, 0.3) is 0 Å². The van der Waals surface area contributed by atoms with Crippen LogP contribution in [0.5, 0.6) is 0 Å². The largest absolute Gasteiger partial charge is 0.449 e. The van der Waals surface area contributed by atoms with Gasteiger partial charge in [0, 0.05) is 24.5 Å². The highest BCUT2D eigenvalue weighted by Crippen LogP contribution is 2.14. The van der Waals surface area contributed by atoms with Crippen molar-refractivity contribution in [1.82, 2.24) is 10.2 Å². The Bertz CT molecular complexity index is 615. The molecule has 25 heavy (non-hydrogen) atoms. The molecule has 2 rings (SSSR count). The Balaban J connectivity index is 1.70. The fourth-order valence-corrected chi connectivity index (χ4v) is 2.77. The summed E-state index contributed by atoms with van der Waals surface area (Å²) in [6, 6.07) is 7.35. The molecule has 1 aliphatic heterocycles. The van der Waals surface area contributed by atoms with Crippen LogP contribution in [-0.4, -0.2) is 48.4 Å². The van der Waals surface area contributed by atoms with Gasteiger partial charge in [0.15, 0.2) is 0 Å². The second kappa shape index (κ2) is 8.43. The smallest absolute Gasteiger partial charge is 0.409 e. The number of halogens is 1. The molecule has 1 N–H and O–H groups in total. The van der Waals surface area contributed by atoms with Crippen molar-refractivity contribution in [1.29, 1.82) is 0 Å². The number of alkyl carbamates (subject to hydrolysis) is 1. The molecule has 1 aliphatic rings. The van der Waals surface area contributed by atoms with E-state index in [2.05, 4.69) is 5.32 Å². The van der Waals surface area contributed by atoms with E-state index in [9.17, 15) is 9.59 Å². The van der Waals surface area contributed by atoms with Crippen LogP contribution in [0.4, 0.5) is 9.59 Å². The molecule has 1 fully saturated rings. The fourth-order valence-electron chi connectivity index (χ4n) is 2.56. The summed E-state index contributed by atoms with van der Waals surface area (Å²) in [5.41, 5.74) is 0.480. The fraction of sp³-hybridized carbons (Fsp3) is 0.556. The van der Waals surface area contributed by atoms with Crippen LogP contribution in [0.3, 0.4) is 0 Å². The molecule has 0 aliphatic carbocycles. The first-order chi connectivity index (χ1) is 11.7. The van der Waals surface area contributed by atoms with Gasteiger partial charge in [-0.25, -0.2) is 9.59 Å². The number of ether oxygens (including phenoxy) is 2. The summed E-state index contributed by atoms with van der Waals surface area (Å²) in [6.45, 7) is 6.70. The number of rotatable bonds is 4. The first-order valence-electron chi connectivity index (χ1n) is 8.38. The minimum absolute atomic E-state index is 0.115. The van der Waals surface area contributed by atoms with Gasteiger partial charge < -0.3 is 19.7 Å². The summed E-state index contributed by atoms with van der Waals surface area (Å²) in [4.78, 5) is 25.5. The summed E-state index contributed by atoms with van der Waals surface area (Å²) in [5, 5.41) is 3.45. The third-order valence-electron chi connectivity index (χ3n) is 3.67. The highest BCUT2D eigenvalue weighted by atomic mass is 35.5. The van der Waals surface area contributed by atoms with Crippen molar-refractivity contribution in [2.24, 2.45) is 0 Å². The second-order valence-electron chi connectivity index (χ2n) is 7.07. The molecule has 1 saturated heterocycles. The molecule has 6 nitrogen and oxygen atoms in total. The lowest BCUT2D eigenvalue weighted by atomic mass is 10.2. The maximum absolute atomic E-state index is 12.1. The van der Waals surface area contributed by atoms with Crippen LogP contribution in [0, 0.1) is 0 Å². The van der Waals surface area contributed by atoms with Gasteiger partial charge in [0.2, 0.25) is 0 Å². The van der Waals surface area contributed by atoms with Gasteiger partial charge in [-0.15, -0.1) is 0 Å². The molecule has 138 valence electrons. The highest BCUT2D eigenvalue weighted by molar-refractivity contribution is 6.30. The molecule has 0 spiro atoms. The van der Waals surface area contributed by atoms with E-state index in [1.54, 1.807) is 11.0 Å². The highest BCUT2D eigenvalue weighted by Gasteiger charge is 2.29. The number of hydrogen-bond acceptors (Lipinski definition) is 4. The maximum atomic E-state index is 12.1. The van der Waals surface area contributed by atoms with Gasteiger partial charge in [-0.3, -0.25) is 0 Å². The summed E-state index contributed by atoms with van der Waals surface area (Å²) in [7, 11) is 0. The van der Waals surface area contributed by atoms with Crippen LogP contribution in [0.1, 0.15) is 32.8 Å². The Labute approximate surface area is 153 Å². The summed E-state index contributed by atoms with van der Waals surface area (Å²) in [6.07, 6.45) is 0.465. The molecule has 7 heteroatoms. The average molecular weight is 369 g/mol. The van der Waals surface area contributed by atoms with Gasteiger partial charge in [-0.05, 0) is 44.9 Å².